The maximum atomic E-state index is 12.9. The summed E-state index contributed by atoms with van der Waals surface area (Å²) in [5, 5.41) is 7.38. The van der Waals surface area contributed by atoms with Crippen LogP contribution in [0.3, 0.4) is 0 Å². The van der Waals surface area contributed by atoms with Crippen LogP contribution in [0.2, 0.25) is 0 Å². The van der Waals surface area contributed by atoms with Gasteiger partial charge >= 0.3 is 5.97 Å². The lowest BCUT2D eigenvalue weighted by atomic mass is 10.2. The van der Waals surface area contributed by atoms with Crippen molar-refractivity contribution in [1.82, 2.24) is 14.6 Å². The molecule has 0 spiro atoms. The summed E-state index contributed by atoms with van der Waals surface area (Å²) in [4.78, 5) is 41.1. The van der Waals surface area contributed by atoms with Crippen LogP contribution in [-0.4, -0.2) is 33.1 Å². The Balaban J connectivity index is 1.30. The third-order valence-corrected chi connectivity index (χ3v) is 5.16. The van der Waals surface area contributed by atoms with E-state index < -0.39 is 17.7 Å². The van der Waals surface area contributed by atoms with Gasteiger partial charge in [-0.2, -0.15) is 9.61 Å². The summed E-state index contributed by atoms with van der Waals surface area (Å²) < 4.78 is 24.6. The van der Waals surface area contributed by atoms with Crippen LogP contribution in [0.4, 0.5) is 10.1 Å². The first-order chi connectivity index (χ1) is 15.9. The monoisotopic (exact) mass is 468 g/mol. The standard InChI is InChI=1S/C22H17FN4O5S/c1-13-26-27-20(29)10-17(25-22(27)33-13)11-32-21(30)14-2-6-16(7-3-14)24-19(28)12-31-18-8-4-15(23)5-9-18/h2-10H,11-12H2,1H3,(H,24,28). The lowest BCUT2D eigenvalue weighted by Crippen LogP contribution is -2.20. The molecule has 2 aromatic carbocycles. The molecule has 0 saturated heterocycles. The van der Waals surface area contributed by atoms with Crippen molar-refractivity contribution in [3.05, 3.63) is 87.0 Å². The second-order valence-corrected chi connectivity index (χ2v) is 8.01. The van der Waals surface area contributed by atoms with Gasteiger partial charge < -0.3 is 14.8 Å². The normalized spacial score (nSPS) is 10.7. The molecule has 11 heteroatoms. The zero-order valence-corrected chi connectivity index (χ0v) is 18.1. The van der Waals surface area contributed by atoms with Gasteiger partial charge in [0.15, 0.2) is 6.61 Å². The summed E-state index contributed by atoms with van der Waals surface area (Å²) in [5.74, 6) is -1.05. The van der Waals surface area contributed by atoms with E-state index in [1.54, 1.807) is 19.1 Å². The van der Waals surface area contributed by atoms with Crippen molar-refractivity contribution in [2.45, 2.75) is 13.5 Å². The number of anilines is 1. The third kappa shape index (κ3) is 5.57. The van der Waals surface area contributed by atoms with Gasteiger partial charge in [-0.25, -0.2) is 14.2 Å². The number of nitrogens with one attached hydrogen (secondary N) is 1. The number of benzene rings is 2. The fraction of sp³-hybridized carbons (Fsp3) is 0.136. The Kier molecular flexibility index (Phi) is 6.41. The number of hydrogen-bond donors (Lipinski definition) is 1. The quantitative estimate of drug-likeness (QED) is 0.415. The van der Waals surface area contributed by atoms with Crippen LogP contribution in [0.5, 0.6) is 5.75 Å². The summed E-state index contributed by atoms with van der Waals surface area (Å²) in [7, 11) is 0. The first-order valence-corrected chi connectivity index (χ1v) is 10.5. The largest absolute Gasteiger partial charge is 0.484 e. The Morgan fingerprint density at radius 1 is 1.12 bits per heavy atom. The zero-order chi connectivity index (χ0) is 23.4. The van der Waals surface area contributed by atoms with Crippen molar-refractivity contribution in [3.63, 3.8) is 0 Å². The van der Waals surface area contributed by atoms with Gasteiger partial charge in [-0.1, -0.05) is 11.3 Å². The summed E-state index contributed by atoms with van der Waals surface area (Å²) in [6.07, 6.45) is 0. The predicted molar refractivity (Wildman–Crippen MR) is 118 cm³/mol. The number of nitrogens with zero attached hydrogens (tertiary/aromatic N) is 3. The second kappa shape index (κ2) is 9.57. The number of esters is 1. The molecule has 0 aliphatic heterocycles. The molecule has 1 amide bonds. The molecule has 0 bridgehead atoms. The summed E-state index contributed by atoms with van der Waals surface area (Å²) in [6, 6.07) is 12.7. The summed E-state index contributed by atoms with van der Waals surface area (Å²) >= 11 is 1.26. The van der Waals surface area contributed by atoms with Gasteiger partial charge in [0.05, 0.1) is 11.3 Å². The van der Waals surface area contributed by atoms with Gasteiger partial charge in [-0.05, 0) is 55.5 Å². The van der Waals surface area contributed by atoms with Crippen molar-refractivity contribution < 1.29 is 23.5 Å². The van der Waals surface area contributed by atoms with Gasteiger partial charge in [0.2, 0.25) is 4.96 Å². The number of ether oxygens (including phenoxy) is 2. The third-order valence-electron chi connectivity index (χ3n) is 4.34. The molecule has 0 unspecified atom stereocenters. The topological polar surface area (TPSA) is 112 Å². The van der Waals surface area contributed by atoms with Crippen LogP contribution < -0.4 is 15.6 Å². The second-order valence-electron chi connectivity index (χ2n) is 6.85. The molecule has 1 N–H and O–H groups in total. The number of halogens is 1. The average molecular weight is 468 g/mol. The molecule has 0 aliphatic rings. The highest BCUT2D eigenvalue weighted by Gasteiger charge is 2.12. The fourth-order valence-electron chi connectivity index (χ4n) is 2.82. The molecule has 0 atom stereocenters. The molecular formula is C22H17FN4O5S. The lowest BCUT2D eigenvalue weighted by molar-refractivity contribution is -0.118. The minimum Gasteiger partial charge on any atom is -0.484 e. The van der Waals surface area contributed by atoms with E-state index in [9.17, 15) is 18.8 Å². The van der Waals surface area contributed by atoms with Crippen molar-refractivity contribution in [2.24, 2.45) is 0 Å². The first kappa shape index (κ1) is 22.1. The molecule has 2 aromatic heterocycles. The number of aryl methyl sites for hydroxylation is 1. The molecule has 0 saturated carbocycles. The zero-order valence-electron chi connectivity index (χ0n) is 17.3. The number of amides is 1. The lowest BCUT2D eigenvalue weighted by Gasteiger charge is -2.08. The van der Waals surface area contributed by atoms with Crippen LogP contribution in [-0.2, 0) is 16.1 Å². The highest BCUT2D eigenvalue weighted by molar-refractivity contribution is 7.16. The minimum atomic E-state index is -0.602. The van der Waals surface area contributed by atoms with E-state index >= 15 is 0 Å². The maximum Gasteiger partial charge on any atom is 0.338 e. The minimum absolute atomic E-state index is 0.166. The Labute approximate surface area is 190 Å². The highest BCUT2D eigenvalue weighted by Crippen LogP contribution is 2.14. The van der Waals surface area contributed by atoms with E-state index in [0.29, 0.717) is 27.1 Å². The number of rotatable bonds is 7. The predicted octanol–water partition coefficient (Wildman–Crippen LogP) is 2.97. The van der Waals surface area contributed by atoms with Crippen LogP contribution >= 0.6 is 11.3 Å². The number of fused-ring (bicyclic) bond motifs is 1. The van der Waals surface area contributed by atoms with Crippen LogP contribution in [0, 0.1) is 12.7 Å². The number of carbonyl (C=O) groups excluding carboxylic acids is 2. The smallest absolute Gasteiger partial charge is 0.338 e. The van der Waals surface area contributed by atoms with Gasteiger partial charge in [-0.15, -0.1) is 0 Å². The van der Waals surface area contributed by atoms with E-state index in [2.05, 4.69) is 15.4 Å². The number of aromatic nitrogens is 3. The molecule has 2 heterocycles. The molecule has 9 nitrogen and oxygen atoms in total. The van der Waals surface area contributed by atoms with Gasteiger partial charge in [-0.3, -0.25) is 9.59 Å². The van der Waals surface area contributed by atoms with E-state index in [1.165, 1.54) is 58.3 Å². The van der Waals surface area contributed by atoms with E-state index in [4.69, 9.17) is 9.47 Å². The van der Waals surface area contributed by atoms with E-state index in [1.807, 2.05) is 0 Å². The Morgan fingerprint density at radius 2 is 1.85 bits per heavy atom. The molecular weight excluding hydrogens is 451 g/mol. The SMILES string of the molecule is Cc1nn2c(=O)cc(COC(=O)c3ccc(NC(=O)COc4ccc(F)cc4)cc3)nc2s1. The summed E-state index contributed by atoms with van der Waals surface area (Å²) in [6.45, 7) is 1.34. The van der Waals surface area contributed by atoms with Crippen LogP contribution in [0.25, 0.3) is 4.96 Å². The van der Waals surface area contributed by atoms with Crippen molar-refractivity contribution in [1.29, 1.82) is 0 Å². The molecule has 4 rings (SSSR count). The average Bonchev–Trinajstić information content (AvgIpc) is 3.18. The van der Waals surface area contributed by atoms with Crippen molar-refractivity contribution in [2.75, 3.05) is 11.9 Å². The summed E-state index contributed by atoms with van der Waals surface area (Å²) in [5.41, 5.74) is 0.697. The molecule has 0 radical (unpaired) electrons. The Hall–Kier alpha value is -4.12. The van der Waals surface area contributed by atoms with Crippen LogP contribution in [0.1, 0.15) is 21.1 Å². The van der Waals surface area contributed by atoms with Crippen molar-refractivity contribution in [3.8, 4) is 5.75 Å². The Morgan fingerprint density at radius 3 is 2.58 bits per heavy atom. The number of carbonyl (C=O) groups is 2. The van der Waals surface area contributed by atoms with Gasteiger partial charge in [0, 0.05) is 11.8 Å². The highest BCUT2D eigenvalue weighted by atomic mass is 32.1. The molecule has 0 fully saturated rings. The number of hydrogen-bond acceptors (Lipinski definition) is 8. The van der Waals surface area contributed by atoms with E-state index in [0.717, 1.165) is 0 Å². The molecule has 168 valence electrons. The maximum absolute atomic E-state index is 12.9. The van der Waals surface area contributed by atoms with Crippen molar-refractivity contribution >= 4 is 33.9 Å². The fourth-order valence-corrected chi connectivity index (χ4v) is 3.58. The van der Waals surface area contributed by atoms with Gasteiger partial charge in [0.25, 0.3) is 11.5 Å². The van der Waals surface area contributed by atoms with Gasteiger partial charge in [0.1, 0.15) is 23.2 Å². The van der Waals surface area contributed by atoms with E-state index in [-0.39, 0.29) is 24.3 Å². The molecule has 33 heavy (non-hydrogen) atoms. The Bertz CT molecular complexity index is 1370. The molecule has 0 aliphatic carbocycles. The van der Waals surface area contributed by atoms with Crippen LogP contribution in [0.15, 0.2) is 59.4 Å². The first-order valence-electron chi connectivity index (χ1n) is 9.69. The molecule has 4 aromatic rings.